The van der Waals surface area contributed by atoms with Crippen molar-refractivity contribution in [2.45, 2.75) is 0 Å². The number of hydrogen-bond donors (Lipinski definition) is 3. The van der Waals surface area contributed by atoms with Gasteiger partial charge in [0.1, 0.15) is 12.1 Å². The van der Waals surface area contributed by atoms with Gasteiger partial charge in [-0.25, -0.2) is 4.98 Å². The van der Waals surface area contributed by atoms with E-state index >= 15 is 0 Å². The Morgan fingerprint density at radius 1 is 1.35 bits per heavy atom. The zero-order valence-corrected chi connectivity index (χ0v) is 14.0. The van der Waals surface area contributed by atoms with Crippen molar-refractivity contribution >= 4 is 23.1 Å². The van der Waals surface area contributed by atoms with Gasteiger partial charge in [-0.15, -0.1) is 10.2 Å². The number of nitrogen functional groups attached to an aromatic ring is 1. The standard InChI is InChI=1S/C16H18N8O2/c1-18-16(25)13-11(7-12(17)21-22-13)20-10-6-4-5-9(14(10)26-3)15-19-8-24(2)23-15/h4-8H,1-3H3,(H,18,25)(H3,17,20,21)/i1D3. The van der Waals surface area contributed by atoms with E-state index in [1.54, 1.807) is 36.3 Å². The molecule has 0 spiro atoms. The van der Waals surface area contributed by atoms with E-state index in [2.05, 4.69) is 25.6 Å². The molecular weight excluding hydrogens is 336 g/mol. The van der Waals surface area contributed by atoms with Gasteiger partial charge in [-0.05, 0) is 12.1 Å². The molecule has 26 heavy (non-hydrogen) atoms. The molecule has 2 heterocycles. The lowest BCUT2D eigenvalue weighted by Crippen LogP contribution is -2.21. The summed E-state index contributed by atoms with van der Waals surface area (Å²) in [6.07, 6.45) is 1.56. The van der Waals surface area contributed by atoms with Crippen LogP contribution in [0.1, 0.15) is 14.6 Å². The highest BCUT2D eigenvalue weighted by molar-refractivity contribution is 5.98. The molecule has 3 rings (SSSR count). The summed E-state index contributed by atoms with van der Waals surface area (Å²) in [6.45, 7) is -2.68. The second-order valence-electron chi connectivity index (χ2n) is 5.24. The Bertz CT molecular complexity index is 1050. The molecule has 10 nitrogen and oxygen atoms in total. The van der Waals surface area contributed by atoms with Crippen molar-refractivity contribution in [1.82, 2.24) is 30.3 Å². The topological polar surface area (TPSA) is 133 Å². The number of carbonyl (C=O) groups is 1. The van der Waals surface area contributed by atoms with Crippen LogP contribution in [0, 0.1) is 0 Å². The molecular formula is C16H18N8O2. The fourth-order valence-electron chi connectivity index (χ4n) is 2.37. The number of ether oxygens (including phenoxy) is 1. The van der Waals surface area contributed by atoms with E-state index in [1.807, 2.05) is 5.32 Å². The van der Waals surface area contributed by atoms with Crippen LogP contribution in [0.25, 0.3) is 11.4 Å². The van der Waals surface area contributed by atoms with Crippen molar-refractivity contribution in [3.05, 3.63) is 36.3 Å². The summed E-state index contributed by atoms with van der Waals surface area (Å²) in [5.41, 5.74) is 6.69. The highest BCUT2D eigenvalue weighted by atomic mass is 16.5. The van der Waals surface area contributed by atoms with Crippen LogP contribution in [0.2, 0.25) is 0 Å². The number of nitrogens with two attached hydrogens (primary N) is 1. The Labute approximate surface area is 153 Å². The van der Waals surface area contributed by atoms with Crippen LogP contribution in [0.3, 0.4) is 0 Å². The molecule has 0 aliphatic carbocycles. The lowest BCUT2D eigenvalue weighted by atomic mass is 10.1. The molecule has 10 heteroatoms. The number of para-hydroxylation sites is 1. The van der Waals surface area contributed by atoms with E-state index in [1.165, 1.54) is 13.2 Å². The van der Waals surface area contributed by atoms with Gasteiger partial charge in [0.05, 0.1) is 24.0 Å². The zero-order valence-electron chi connectivity index (χ0n) is 17.0. The van der Waals surface area contributed by atoms with E-state index in [9.17, 15) is 4.79 Å². The second kappa shape index (κ2) is 7.05. The molecule has 0 aliphatic rings. The van der Waals surface area contributed by atoms with Crippen LogP contribution >= 0.6 is 0 Å². The molecule has 0 aliphatic heterocycles. The van der Waals surface area contributed by atoms with E-state index in [0.29, 0.717) is 22.8 Å². The number of nitrogens with one attached hydrogen (secondary N) is 2. The lowest BCUT2D eigenvalue weighted by molar-refractivity contribution is 0.0958. The van der Waals surface area contributed by atoms with Crippen molar-refractivity contribution in [2.75, 3.05) is 25.1 Å². The summed E-state index contributed by atoms with van der Waals surface area (Å²) in [5.74, 6) is -0.0297. The van der Waals surface area contributed by atoms with Crippen molar-refractivity contribution in [1.29, 1.82) is 0 Å². The number of amides is 1. The summed E-state index contributed by atoms with van der Waals surface area (Å²) >= 11 is 0. The van der Waals surface area contributed by atoms with Crippen LogP contribution in [0.5, 0.6) is 5.75 Å². The first-order valence-corrected chi connectivity index (χ1v) is 7.43. The maximum Gasteiger partial charge on any atom is 0.273 e. The predicted octanol–water partition coefficient (Wildman–Crippen LogP) is 0.966. The summed E-state index contributed by atoms with van der Waals surface area (Å²) in [7, 11) is 3.22. The fraction of sp³-hybridized carbons (Fsp3) is 0.188. The van der Waals surface area contributed by atoms with Gasteiger partial charge in [0.2, 0.25) is 0 Å². The van der Waals surface area contributed by atoms with Crippen LogP contribution in [-0.4, -0.2) is 45.0 Å². The molecule has 2 aromatic heterocycles. The molecule has 1 amide bonds. The summed E-state index contributed by atoms with van der Waals surface area (Å²) < 4.78 is 28.7. The minimum absolute atomic E-state index is 0.0412. The summed E-state index contributed by atoms with van der Waals surface area (Å²) in [5, 5.41) is 16.5. The van der Waals surface area contributed by atoms with E-state index < -0.39 is 12.9 Å². The summed E-state index contributed by atoms with van der Waals surface area (Å²) in [6, 6.07) is 6.59. The van der Waals surface area contributed by atoms with Gasteiger partial charge in [0.25, 0.3) is 5.91 Å². The normalized spacial score (nSPS) is 12.6. The lowest BCUT2D eigenvalue weighted by Gasteiger charge is -2.15. The Morgan fingerprint density at radius 3 is 2.88 bits per heavy atom. The van der Waals surface area contributed by atoms with Crippen LogP contribution in [0.15, 0.2) is 30.6 Å². The van der Waals surface area contributed by atoms with Gasteiger partial charge in [-0.1, -0.05) is 6.07 Å². The molecule has 0 unspecified atom stereocenters. The van der Waals surface area contributed by atoms with Crippen LogP contribution in [0.4, 0.5) is 17.2 Å². The monoisotopic (exact) mass is 357 g/mol. The highest BCUT2D eigenvalue weighted by Gasteiger charge is 2.18. The molecule has 1 aromatic carbocycles. The quantitative estimate of drug-likeness (QED) is 0.615. The molecule has 134 valence electrons. The largest absolute Gasteiger partial charge is 0.494 e. The predicted molar refractivity (Wildman–Crippen MR) is 96.1 cm³/mol. The highest BCUT2D eigenvalue weighted by Crippen LogP contribution is 2.36. The van der Waals surface area contributed by atoms with Gasteiger partial charge >= 0.3 is 0 Å². The number of nitrogens with zero attached hydrogens (tertiary/aromatic N) is 5. The number of rotatable bonds is 5. The minimum atomic E-state index is -2.68. The average Bonchev–Trinajstić information content (AvgIpc) is 3.06. The first-order valence-electron chi connectivity index (χ1n) is 8.93. The second-order valence-corrected chi connectivity index (χ2v) is 5.24. The first kappa shape index (κ1) is 13.6. The third kappa shape index (κ3) is 3.24. The molecule has 0 atom stereocenters. The SMILES string of the molecule is [2H]C([2H])([2H])NC(=O)c1nnc(N)cc1Nc1cccc(-c2ncn(C)n2)c1OC. The van der Waals surface area contributed by atoms with Crippen LogP contribution in [-0.2, 0) is 7.05 Å². The minimum Gasteiger partial charge on any atom is -0.494 e. The van der Waals surface area contributed by atoms with E-state index in [0.717, 1.165) is 0 Å². The van der Waals surface area contributed by atoms with Crippen molar-refractivity contribution in [2.24, 2.45) is 7.05 Å². The van der Waals surface area contributed by atoms with Crippen molar-refractivity contribution in [3.8, 4) is 17.1 Å². The number of aromatic nitrogens is 5. The van der Waals surface area contributed by atoms with Gasteiger partial charge in [-0.3, -0.25) is 9.48 Å². The number of methoxy groups -OCH3 is 1. The van der Waals surface area contributed by atoms with Crippen molar-refractivity contribution < 1.29 is 13.6 Å². The third-order valence-electron chi connectivity index (χ3n) is 3.47. The maximum absolute atomic E-state index is 12.3. The molecule has 0 fully saturated rings. The zero-order chi connectivity index (χ0) is 21.2. The maximum atomic E-state index is 12.3. The number of benzene rings is 1. The molecule has 0 saturated carbocycles. The molecule has 0 saturated heterocycles. The Kier molecular flexibility index (Phi) is 3.68. The Morgan fingerprint density at radius 2 is 2.19 bits per heavy atom. The van der Waals surface area contributed by atoms with Gasteiger partial charge in [0.15, 0.2) is 17.3 Å². The molecule has 3 aromatic rings. The van der Waals surface area contributed by atoms with E-state index in [-0.39, 0.29) is 17.2 Å². The third-order valence-corrected chi connectivity index (χ3v) is 3.47. The fourth-order valence-corrected chi connectivity index (χ4v) is 2.37. The number of anilines is 3. The van der Waals surface area contributed by atoms with E-state index in [4.69, 9.17) is 14.6 Å². The number of aryl methyl sites for hydroxylation is 1. The number of hydrogen-bond acceptors (Lipinski definition) is 8. The van der Waals surface area contributed by atoms with Gasteiger partial charge in [0, 0.05) is 24.2 Å². The van der Waals surface area contributed by atoms with Gasteiger partial charge < -0.3 is 21.1 Å². The Balaban J connectivity index is 2.02. The smallest absolute Gasteiger partial charge is 0.273 e. The first-order chi connectivity index (χ1) is 13.7. The average molecular weight is 357 g/mol. The Hall–Kier alpha value is -3.69. The number of carbonyl (C=O) groups excluding carboxylic acids is 1. The van der Waals surface area contributed by atoms with Crippen molar-refractivity contribution in [3.63, 3.8) is 0 Å². The molecule has 0 radical (unpaired) electrons. The van der Waals surface area contributed by atoms with Crippen LogP contribution < -0.4 is 21.1 Å². The van der Waals surface area contributed by atoms with Gasteiger partial charge in [-0.2, -0.15) is 5.10 Å². The molecule has 0 bridgehead atoms. The summed E-state index contributed by atoms with van der Waals surface area (Å²) in [4.78, 5) is 16.5. The molecule has 4 N–H and O–H groups in total.